The topological polar surface area (TPSA) is 66.5 Å². The number of sulfonamides is 1. The quantitative estimate of drug-likeness (QED) is 0.765. The number of nitrogens with one attached hydrogen (secondary N) is 1. The number of anilines is 1. The van der Waals surface area contributed by atoms with E-state index in [2.05, 4.69) is 11.4 Å². The maximum absolute atomic E-state index is 13.1. The molecule has 2 atom stereocenters. The molecular weight excluding hydrogens is 396 g/mol. The molecule has 3 rings (SSSR count). The number of hydrogen-bond acceptors (Lipinski definition) is 3. The molecule has 150 valence electrons. The van der Waals surface area contributed by atoms with Gasteiger partial charge in [-0.25, -0.2) is 8.42 Å². The molecule has 1 aliphatic rings. The van der Waals surface area contributed by atoms with E-state index in [0.717, 1.165) is 31.1 Å². The van der Waals surface area contributed by atoms with E-state index in [1.807, 2.05) is 25.1 Å². The predicted octanol–water partition coefficient (Wildman–Crippen LogP) is 4.08. The summed E-state index contributed by atoms with van der Waals surface area (Å²) in [6.45, 7) is 1.81. The Kier molecular flexibility index (Phi) is 6.30. The summed E-state index contributed by atoms with van der Waals surface area (Å²) >= 11 is 6.06. The molecule has 0 spiro atoms. The van der Waals surface area contributed by atoms with Gasteiger partial charge in [0.05, 0.1) is 18.0 Å². The highest BCUT2D eigenvalue weighted by Gasteiger charge is 2.33. The number of rotatable bonds is 6. The zero-order valence-corrected chi connectivity index (χ0v) is 17.6. The van der Waals surface area contributed by atoms with Crippen LogP contribution in [0.2, 0.25) is 5.02 Å². The summed E-state index contributed by atoms with van der Waals surface area (Å²) in [6, 6.07) is 13.7. The monoisotopic (exact) mass is 420 g/mol. The van der Waals surface area contributed by atoms with E-state index in [4.69, 9.17) is 11.6 Å². The van der Waals surface area contributed by atoms with Crippen LogP contribution in [0.3, 0.4) is 0 Å². The van der Waals surface area contributed by atoms with Gasteiger partial charge < -0.3 is 5.32 Å². The molecule has 7 heteroatoms. The van der Waals surface area contributed by atoms with Crippen LogP contribution in [0.25, 0.3) is 0 Å². The van der Waals surface area contributed by atoms with Crippen LogP contribution in [0, 0.1) is 0 Å². The second kappa shape index (κ2) is 8.53. The molecule has 0 bridgehead atoms. The lowest BCUT2D eigenvalue weighted by Gasteiger charge is -2.33. The van der Waals surface area contributed by atoms with Crippen LogP contribution in [0.4, 0.5) is 5.69 Å². The van der Waals surface area contributed by atoms with Gasteiger partial charge in [0.2, 0.25) is 15.9 Å². The van der Waals surface area contributed by atoms with Crippen LogP contribution in [0.5, 0.6) is 0 Å². The smallest absolute Gasteiger partial charge is 0.244 e. The SMILES string of the molecule is CCC(C(=O)NC1CCCc2ccccc21)N(c1cccc(Cl)c1)S(C)(=O)=O. The number of halogens is 1. The van der Waals surface area contributed by atoms with E-state index in [9.17, 15) is 13.2 Å². The van der Waals surface area contributed by atoms with Gasteiger partial charge in [0.25, 0.3) is 0 Å². The summed E-state index contributed by atoms with van der Waals surface area (Å²) in [5.74, 6) is -0.297. The lowest BCUT2D eigenvalue weighted by Crippen LogP contribution is -2.50. The first-order valence-electron chi connectivity index (χ1n) is 9.44. The first-order chi connectivity index (χ1) is 13.3. The molecule has 0 heterocycles. The lowest BCUT2D eigenvalue weighted by atomic mass is 9.87. The Morgan fingerprint density at radius 2 is 2.00 bits per heavy atom. The second-order valence-corrected chi connectivity index (χ2v) is 9.41. The molecule has 2 aromatic rings. The number of benzene rings is 2. The fraction of sp³-hybridized carbons (Fsp3) is 0.381. The maximum atomic E-state index is 13.1. The number of carbonyl (C=O) groups is 1. The lowest BCUT2D eigenvalue weighted by molar-refractivity contribution is -0.123. The molecule has 28 heavy (non-hydrogen) atoms. The highest BCUT2D eigenvalue weighted by molar-refractivity contribution is 7.92. The number of aryl methyl sites for hydroxylation is 1. The van der Waals surface area contributed by atoms with Crippen molar-refractivity contribution in [3.8, 4) is 0 Å². The Morgan fingerprint density at radius 3 is 2.68 bits per heavy atom. The van der Waals surface area contributed by atoms with E-state index in [0.29, 0.717) is 17.1 Å². The number of carbonyl (C=O) groups excluding carboxylic acids is 1. The van der Waals surface area contributed by atoms with Crippen LogP contribution in [0.15, 0.2) is 48.5 Å². The van der Waals surface area contributed by atoms with Crippen LogP contribution < -0.4 is 9.62 Å². The molecule has 5 nitrogen and oxygen atoms in total. The molecule has 0 aromatic heterocycles. The Labute approximate surface area is 171 Å². The van der Waals surface area contributed by atoms with Crippen LogP contribution in [-0.4, -0.2) is 26.6 Å². The van der Waals surface area contributed by atoms with E-state index in [1.165, 1.54) is 9.87 Å². The van der Waals surface area contributed by atoms with Crippen LogP contribution in [-0.2, 0) is 21.2 Å². The molecule has 1 amide bonds. The van der Waals surface area contributed by atoms with Crippen molar-refractivity contribution in [1.29, 1.82) is 0 Å². The van der Waals surface area contributed by atoms with E-state index < -0.39 is 16.1 Å². The van der Waals surface area contributed by atoms with Gasteiger partial charge in [-0.2, -0.15) is 0 Å². The zero-order chi connectivity index (χ0) is 20.3. The fourth-order valence-electron chi connectivity index (χ4n) is 3.85. The van der Waals surface area contributed by atoms with Crippen molar-refractivity contribution < 1.29 is 13.2 Å². The van der Waals surface area contributed by atoms with Gasteiger partial charge >= 0.3 is 0 Å². The Hall–Kier alpha value is -2.05. The molecule has 0 saturated heterocycles. The van der Waals surface area contributed by atoms with E-state index in [-0.39, 0.29) is 11.9 Å². The van der Waals surface area contributed by atoms with Crippen LogP contribution >= 0.6 is 11.6 Å². The van der Waals surface area contributed by atoms with E-state index in [1.54, 1.807) is 24.3 Å². The van der Waals surface area contributed by atoms with Gasteiger partial charge in [-0.15, -0.1) is 0 Å². The van der Waals surface area contributed by atoms with Crippen molar-refractivity contribution >= 4 is 33.2 Å². The molecule has 1 aliphatic carbocycles. The largest absolute Gasteiger partial charge is 0.347 e. The molecule has 1 N–H and O–H groups in total. The number of hydrogen-bond donors (Lipinski definition) is 1. The fourth-order valence-corrected chi connectivity index (χ4v) is 5.23. The van der Waals surface area contributed by atoms with E-state index >= 15 is 0 Å². The summed E-state index contributed by atoms with van der Waals surface area (Å²) < 4.78 is 26.3. The van der Waals surface area contributed by atoms with Crippen molar-refractivity contribution in [2.45, 2.75) is 44.7 Å². The van der Waals surface area contributed by atoms with Crippen molar-refractivity contribution in [3.63, 3.8) is 0 Å². The first-order valence-corrected chi connectivity index (χ1v) is 11.7. The Balaban J connectivity index is 1.90. The van der Waals surface area contributed by atoms with Gasteiger partial charge in [0, 0.05) is 5.02 Å². The molecule has 0 radical (unpaired) electrons. The minimum Gasteiger partial charge on any atom is -0.347 e. The maximum Gasteiger partial charge on any atom is 0.244 e. The average molecular weight is 421 g/mol. The molecular formula is C21H25ClN2O3S. The third kappa shape index (κ3) is 4.50. The predicted molar refractivity (Wildman–Crippen MR) is 113 cm³/mol. The minimum atomic E-state index is -3.68. The first kappa shape index (κ1) is 20.7. The van der Waals surface area contributed by atoms with Gasteiger partial charge in [-0.05, 0) is 55.0 Å². The van der Waals surface area contributed by atoms with Gasteiger partial charge in [-0.3, -0.25) is 9.10 Å². The van der Waals surface area contributed by atoms with Gasteiger partial charge in [0.15, 0.2) is 0 Å². The Bertz CT molecular complexity index is 962. The normalized spacial score (nSPS) is 17.5. The van der Waals surface area contributed by atoms with Crippen molar-refractivity contribution in [2.75, 3.05) is 10.6 Å². The molecule has 0 aliphatic heterocycles. The third-order valence-corrected chi connectivity index (χ3v) is 6.49. The van der Waals surface area contributed by atoms with Crippen molar-refractivity contribution in [1.82, 2.24) is 5.32 Å². The average Bonchev–Trinajstić information content (AvgIpc) is 2.65. The molecule has 0 saturated carbocycles. The standard InChI is InChI=1S/C21H25ClN2O3S/c1-3-20(24(28(2,26)27)17-11-7-10-16(22)14-17)21(25)23-19-13-6-9-15-8-4-5-12-18(15)19/h4-5,7-8,10-12,14,19-20H,3,6,9,13H2,1-2H3,(H,23,25). The van der Waals surface area contributed by atoms with Gasteiger partial charge in [-0.1, -0.05) is 48.9 Å². The molecule has 0 fully saturated rings. The van der Waals surface area contributed by atoms with Gasteiger partial charge in [0.1, 0.15) is 6.04 Å². The van der Waals surface area contributed by atoms with Crippen LogP contribution in [0.1, 0.15) is 43.4 Å². The molecule has 2 unspecified atom stereocenters. The highest BCUT2D eigenvalue weighted by atomic mass is 35.5. The summed E-state index contributed by atoms with van der Waals surface area (Å²) in [5, 5.41) is 3.50. The summed E-state index contributed by atoms with van der Waals surface area (Å²) in [4.78, 5) is 13.1. The highest BCUT2D eigenvalue weighted by Crippen LogP contribution is 2.30. The zero-order valence-electron chi connectivity index (χ0n) is 16.1. The Morgan fingerprint density at radius 1 is 1.25 bits per heavy atom. The molecule has 2 aromatic carbocycles. The third-order valence-electron chi connectivity index (χ3n) is 5.08. The number of amides is 1. The van der Waals surface area contributed by atoms with Crippen molar-refractivity contribution in [2.24, 2.45) is 0 Å². The van der Waals surface area contributed by atoms with Crippen molar-refractivity contribution in [3.05, 3.63) is 64.7 Å². The minimum absolute atomic E-state index is 0.104. The summed E-state index contributed by atoms with van der Waals surface area (Å²) in [5.41, 5.74) is 2.74. The summed E-state index contributed by atoms with van der Waals surface area (Å²) in [7, 11) is -3.68. The summed E-state index contributed by atoms with van der Waals surface area (Å²) in [6.07, 6.45) is 4.29. The second-order valence-electron chi connectivity index (χ2n) is 7.11. The number of fused-ring (bicyclic) bond motifs is 1. The number of nitrogens with zero attached hydrogens (tertiary/aromatic N) is 1.